The summed E-state index contributed by atoms with van der Waals surface area (Å²) in [5, 5.41) is 8.94. The highest BCUT2D eigenvalue weighted by Gasteiger charge is 2.06. The Hall–Kier alpha value is -3.40. The zero-order chi connectivity index (χ0) is 17.2. The second-order valence-corrected chi connectivity index (χ2v) is 5.95. The van der Waals surface area contributed by atoms with Crippen molar-refractivity contribution in [2.24, 2.45) is 0 Å². The second-order valence-electron chi connectivity index (χ2n) is 5.95. The zero-order valence-electron chi connectivity index (χ0n) is 13.4. The monoisotopic (exact) mass is 328 g/mol. The quantitative estimate of drug-likeness (QED) is 0.578. The molecule has 0 fully saturated rings. The van der Waals surface area contributed by atoms with Crippen LogP contribution in [0.5, 0.6) is 0 Å². The number of nitrogens with one attached hydrogen (secondary N) is 1. The Morgan fingerprint density at radius 2 is 1.64 bits per heavy atom. The minimum absolute atomic E-state index is 0.0326. The highest BCUT2D eigenvalue weighted by molar-refractivity contribution is 5.80. The van der Waals surface area contributed by atoms with Crippen molar-refractivity contribution in [1.82, 2.24) is 9.97 Å². The molecule has 0 atom stereocenters. The van der Waals surface area contributed by atoms with Crippen molar-refractivity contribution >= 4 is 17.0 Å². The van der Waals surface area contributed by atoms with Crippen LogP contribution >= 0.6 is 0 Å². The molecule has 0 aliphatic rings. The third-order valence-electron chi connectivity index (χ3n) is 4.16. The highest BCUT2D eigenvalue weighted by Crippen LogP contribution is 2.25. The number of aromatic amines is 1. The predicted octanol–water partition coefficient (Wildman–Crippen LogP) is 4.52. The zero-order valence-corrected chi connectivity index (χ0v) is 13.4. The number of aromatic nitrogens is 2. The van der Waals surface area contributed by atoms with Crippen molar-refractivity contribution in [3.63, 3.8) is 0 Å². The van der Waals surface area contributed by atoms with Crippen LogP contribution in [0.15, 0.2) is 72.8 Å². The summed E-state index contributed by atoms with van der Waals surface area (Å²) in [6.07, 6.45) is 0.0326. The van der Waals surface area contributed by atoms with Crippen molar-refractivity contribution in [1.29, 1.82) is 0 Å². The van der Waals surface area contributed by atoms with Crippen molar-refractivity contribution in [2.75, 3.05) is 0 Å². The smallest absolute Gasteiger partial charge is 0.307 e. The molecule has 0 unspecified atom stereocenters. The Morgan fingerprint density at radius 1 is 0.880 bits per heavy atom. The van der Waals surface area contributed by atoms with Crippen LogP contribution in [-0.4, -0.2) is 21.0 Å². The van der Waals surface area contributed by atoms with E-state index in [4.69, 9.17) is 5.11 Å². The standard InChI is InChI=1S/C21H16N2O2/c24-20(25)13-14-4-3-5-17(12-14)15-8-10-16(11-9-15)21-22-18-6-1-2-7-19(18)23-21/h1-12H,13H2,(H,22,23)(H,24,25). The van der Waals surface area contributed by atoms with Gasteiger partial charge in [0.15, 0.2) is 0 Å². The maximum absolute atomic E-state index is 10.9. The van der Waals surface area contributed by atoms with E-state index < -0.39 is 5.97 Å². The van der Waals surface area contributed by atoms with Gasteiger partial charge in [0.05, 0.1) is 17.5 Å². The van der Waals surface area contributed by atoms with Crippen LogP contribution in [-0.2, 0) is 11.2 Å². The Balaban J connectivity index is 1.64. The predicted molar refractivity (Wildman–Crippen MR) is 98.3 cm³/mol. The summed E-state index contributed by atoms with van der Waals surface area (Å²) in [5.41, 5.74) is 5.83. The first-order chi connectivity index (χ1) is 12.2. The van der Waals surface area contributed by atoms with E-state index in [-0.39, 0.29) is 6.42 Å². The fourth-order valence-corrected chi connectivity index (χ4v) is 2.95. The lowest BCUT2D eigenvalue weighted by Gasteiger charge is -2.05. The molecule has 1 heterocycles. The number of carbonyl (C=O) groups is 1. The van der Waals surface area contributed by atoms with Crippen LogP contribution in [0.4, 0.5) is 0 Å². The van der Waals surface area contributed by atoms with Gasteiger partial charge in [-0.2, -0.15) is 0 Å². The van der Waals surface area contributed by atoms with E-state index in [1.165, 1.54) is 0 Å². The Bertz CT molecular complexity index is 1020. The van der Waals surface area contributed by atoms with Crippen molar-refractivity contribution in [3.05, 3.63) is 78.4 Å². The molecule has 4 rings (SSSR count). The van der Waals surface area contributed by atoms with E-state index in [9.17, 15) is 4.79 Å². The normalized spacial score (nSPS) is 10.9. The SMILES string of the molecule is O=C(O)Cc1cccc(-c2ccc(-c3nc4ccccc4[nH]3)cc2)c1. The first-order valence-electron chi connectivity index (χ1n) is 8.05. The van der Waals surface area contributed by atoms with Crippen LogP contribution in [0.3, 0.4) is 0 Å². The van der Waals surface area contributed by atoms with Gasteiger partial charge < -0.3 is 10.1 Å². The molecule has 4 aromatic rings. The number of rotatable bonds is 4. The van der Waals surface area contributed by atoms with Crippen LogP contribution in [0.1, 0.15) is 5.56 Å². The molecule has 0 saturated heterocycles. The van der Waals surface area contributed by atoms with Gasteiger partial charge in [0, 0.05) is 5.56 Å². The first-order valence-corrected chi connectivity index (χ1v) is 8.05. The van der Waals surface area contributed by atoms with Gasteiger partial charge in [-0.3, -0.25) is 4.79 Å². The number of aliphatic carboxylic acids is 1. The third kappa shape index (κ3) is 3.15. The van der Waals surface area contributed by atoms with E-state index in [0.717, 1.165) is 39.1 Å². The maximum atomic E-state index is 10.9. The Kier molecular flexibility index (Phi) is 3.78. The third-order valence-corrected chi connectivity index (χ3v) is 4.16. The molecule has 3 aromatic carbocycles. The fraction of sp³-hybridized carbons (Fsp3) is 0.0476. The molecule has 25 heavy (non-hydrogen) atoms. The molecule has 0 aliphatic carbocycles. The highest BCUT2D eigenvalue weighted by atomic mass is 16.4. The number of fused-ring (bicyclic) bond motifs is 1. The summed E-state index contributed by atoms with van der Waals surface area (Å²) in [4.78, 5) is 18.8. The van der Waals surface area contributed by atoms with E-state index in [0.29, 0.717) is 0 Å². The van der Waals surface area contributed by atoms with Gasteiger partial charge in [-0.15, -0.1) is 0 Å². The lowest BCUT2D eigenvalue weighted by atomic mass is 10.0. The summed E-state index contributed by atoms with van der Waals surface area (Å²) in [7, 11) is 0. The van der Waals surface area contributed by atoms with Gasteiger partial charge in [-0.25, -0.2) is 4.98 Å². The van der Waals surface area contributed by atoms with Crippen LogP contribution in [0, 0.1) is 0 Å². The average molecular weight is 328 g/mol. The molecule has 0 saturated carbocycles. The molecule has 122 valence electrons. The molecule has 0 radical (unpaired) electrons. The molecular formula is C21H16N2O2. The Labute approximate surface area is 144 Å². The van der Waals surface area contributed by atoms with Gasteiger partial charge in [-0.05, 0) is 28.8 Å². The van der Waals surface area contributed by atoms with Gasteiger partial charge in [0.25, 0.3) is 0 Å². The molecule has 4 heteroatoms. The number of nitrogens with zero attached hydrogens (tertiary/aromatic N) is 1. The number of carboxylic acid groups (broad SMARTS) is 1. The number of hydrogen-bond acceptors (Lipinski definition) is 2. The fourth-order valence-electron chi connectivity index (χ4n) is 2.95. The minimum atomic E-state index is -0.822. The Morgan fingerprint density at radius 3 is 2.40 bits per heavy atom. The van der Waals surface area contributed by atoms with Crippen LogP contribution in [0.25, 0.3) is 33.5 Å². The molecule has 4 nitrogen and oxygen atoms in total. The molecule has 1 aromatic heterocycles. The maximum Gasteiger partial charge on any atom is 0.307 e. The summed E-state index contributed by atoms with van der Waals surface area (Å²) in [6.45, 7) is 0. The van der Waals surface area contributed by atoms with E-state index in [1.54, 1.807) is 0 Å². The van der Waals surface area contributed by atoms with E-state index >= 15 is 0 Å². The minimum Gasteiger partial charge on any atom is -0.481 e. The number of imidazole rings is 1. The number of carboxylic acids is 1. The molecular weight excluding hydrogens is 312 g/mol. The van der Waals surface area contributed by atoms with E-state index in [2.05, 4.69) is 9.97 Å². The molecule has 0 bridgehead atoms. The van der Waals surface area contributed by atoms with Gasteiger partial charge >= 0.3 is 5.97 Å². The first kappa shape index (κ1) is 15.1. The summed E-state index contributed by atoms with van der Waals surface area (Å²) >= 11 is 0. The van der Waals surface area contributed by atoms with Gasteiger partial charge in [-0.1, -0.05) is 60.7 Å². The van der Waals surface area contributed by atoms with Crippen LogP contribution < -0.4 is 0 Å². The topological polar surface area (TPSA) is 66.0 Å². The number of hydrogen-bond donors (Lipinski definition) is 2. The lowest BCUT2D eigenvalue weighted by molar-refractivity contribution is -0.136. The molecule has 0 spiro atoms. The number of H-pyrrole nitrogens is 1. The van der Waals surface area contributed by atoms with Gasteiger partial charge in [0.1, 0.15) is 5.82 Å². The van der Waals surface area contributed by atoms with E-state index in [1.807, 2.05) is 72.8 Å². The summed E-state index contributed by atoms with van der Waals surface area (Å²) in [6, 6.07) is 23.7. The van der Waals surface area contributed by atoms with Crippen molar-refractivity contribution in [2.45, 2.75) is 6.42 Å². The number of benzene rings is 3. The second kappa shape index (κ2) is 6.24. The molecule has 0 amide bonds. The lowest BCUT2D eigenvalue weighted by Crippen LogP contribution is -1.99. The number of para-hydroxylation sites is 2. The average Bonchev–Trinajstić information content (AvgIpc) is 3.06. The largest absolute Gasteiger partial charge is 0.481 e. The summed E-state index contributed by atoms with van der Waals surface area (Å²) in [5.74, 6) is 0.0183. The molecule has 0 aliphatic heterocycles. The van der Waals surface area contributed by atoms with Crippen molar-refractivity contribution < 1.29 is 9.90 Å². The van der Waals surface area contributed by atoms with Crippen molar-refractivity contribution in [3.8, 4) is 22.5 Å². The van der Waals surface area contributed by atoms with Crippen LogP contribution in [0.2, 0.25) is 0 Å². The molecule has 2 N–H and O–H groups in total. The van der Waals surface area contributed by atoms with Gasteiger partial charge in [0.2, 0.25) is 0 Å². The summed E-state index contributed by atoms with van der Waals surface area (Å²) < 4.78 is 0.